The molecule has 0 amide bonds. The maximum absolute atomic E-state index is 11.5. The van der Waals surface area contributed by atoms with Gasteiger partial charge in [0, 0.05) is 13.0 Å². The summed E-state index contributed by atoms with van der Waals surface area (Å²) in [6.07, 6.45) is 2.00. The van der Waals surface area contributed by atoms with Crippen LogP contribution in [0.4, 0.5) is 0 Å². The maximum Gasteiger partial charge on any atom is 0.303 e. The van der Waals surface area contributed by atoms with Crippen molar-refractivity contribution in [3.05, 3.63) is 0 Å². The Morgan fingerprint density at radius 1 is 1.31 bits per heavy atom. The number of nitrogens with one attached hydrogen (secondary N) is 1. The molecule has 0 aromatic rings. The normalized spacial score (nSPS) is 11.9. The standard InChI is InChI=1S/C10H21NO4S/c1-3-9(4-2)8-16(14,15)11-7-5-6-10(12)13/h9,11H,3-8H2,1-2H3,(H,12,13). The Balaban J connectivity index is 3.91. The van der Waals surface area contributed by atoms with Crippen molar-refractivity contribution >= 4 is 16.0 Å². The van der Waals surface area contributed by atoms with Crippen molar-refractivity contribution in [1.29, 1.82) is 0 Å². The second kappa shape index (κ2) is 7.62. The number of carboxylic acid groups (broad SMARTS) is 1. The van der Waals surface area contributed by atoms with Gasteiger partial charge in [-0.15, -0.1) is 0 Å². The average Bonchev–Trinajstić information content (AvgIpc) is 2.21. The molecule has 96 valence electrons. The van der Waals surface area contributed by atoms with Crippen LogP contribution < -0.4 is 4.72 Å². The van der Waals surface area contributed by atoms with E-state index in [4.69, 9.17) is 5.11 Å². The van der Waals surface area contributed by atoms with Crippen molar-refractivity contribution in [1.82, 2.24) is 4.72 Å². The van der Waals surface area contributed by atoms with E-state index in [9.17, 15) is 13.2 Å². The van der Waals surface area contributed by atoms with Crippen LogP contribution in [0.1, 0.15) is 39.5 Å². The van der Waals surface area contributed by atoms with Crippen LogP contribution in [0.25, 0.3) is 0 Å². The van der Waals surface area contributed by atoms with E-state index in [1.165, 1.54) is 0 Å². The Morgan fingerprint density at radius 3 is 2.31 bits per heavy atom. The zero-order valence-electron chi connectivity index (χ0n) is 9.90. The fourth-order valence-electron chi connectivity index (χ4n) is 1.36. The minimum Gasteiger partial charge on any atom is -0.481 e. The van der Waals surface area contributed by atoms with Crippen LogP contribution in [0.3, 0.4) is 0 Å². The van der Waals surface area contributed by atoms with E-state index in [1.807, 2.05) is 13.8 Å². The molecule has 0 atom stereocenters. The van der Waals surface area contributed by atoms with Crippen LogP contribution in [0, 0.1) is 5.92 Å². The summed E-state index contributed by atoms with van der Waals surface area (Å²) < 4.78 is 25.5. The first-order chi connectivity index (χ1) is 7.41. The molecule has 0 fully saturated rings. The smallest absolute Gasteiger partial charge is 0.303 e. The Kier molecular flexibility index (Phi) is 7.33. The zero-order chi connectivity index (χ0) is 12.6. The van der Waals surface area contributed by atoms with Crippen molar-refractivity contribution in [3.63, 3.8) is 0 Å². The first-order valence-corrected chi connectivity index (χ1v) is 7.25. The monoisotopic (exact) mass is 251 g/mol. The van der Waals surface area contributed by atoms with Crippen LogP contribution in [0.5, 0.6) is 0 Å². The van der Waals surface area contributed by atoms with E-state index in [2.05, 4.69) is 4.72 Å². The average molecular weight is 251 g/mol. The second-order valence-corrected chi connectivity index (χ2v) is 5.71. The SMILES string of the molecule is CCC(CC)CS(=O)(=O)NCCCC(=O)O. The van der Waals surface area contributed by atoms with Gasteiger partial charge in [-0.1, -0.05) is 26.7 Å². The molecule has 0 aliphatic rings. The summed E-state index contributed by atoms with van der Waals surface area (Å²) in [4.78, 5) is 10.2. The Hall–Kier alpha value is -0.620. The van der Waals surface area contributed by atoms with Crippen LogP contribution in [0.15, 0.2) is 0 Å². The van der Waals surface area contributed by atoms with Gasteiger partial charge in [-0.25, -0.2) is 13.1 Å². The fourth-order valence-corrected chi connectivity index (χ4v) is 3.03. The summed E-state index contributed by atoms with van der Waals surface area (Å²) in [5, 5.41) is 8.39. The topological polar surface area (TPSA) is 83.5 Å². The first-order valence-electron chi connectivity index (χ1n) is 5.60. The Bertz CT molecular complexity index is 296. The molecule has 0 aromatic carbocycles. The third kappa shape index (κ3) is 7.64. The number of rotatable bonds is 9. The Labute approximate surface area is 97.3 Å². The molecular weight excluding hydrogens is 230 g/mol. The van der Waals surface area contributed by atoms with Gasteiger partial charge in [0.2, 0.25) is 10.0 Å². The molecule has 0 radical (unpaired) electrons. The lowest BCUT2D eigenvalue weighted by Crippen LogP contribution is -2.30. The minimum absolute atomic E-state index is 0.00644. The second-order valence-electron chi connectivity index (χ2n) is 3.86. The van der Waals surface area contributed by atoms with Gasteiger partial charge in [0.05, 0.1) is 5.75 Å². The van der Waals surface area contributed by atoms with Gasteiger partial charge in [0.25, 0.3) is 0 Å². The molecule has 5 nitrogen and oxygen atoms in total. The quantitative estimate of drug-likeness (QED) is 0.603. The third-order valence-electron chi connectivity index (χ3n) is 2.50. The molecule has 0 aromatic heterocycles. The van der Waals surface area contributed by atoms with Crippen molar-refractivity contribution in [3.8, 4) is 0 Å². The third-order valence-corrected chi connectivity index (χ3v) is 4.05. The lowest BCUT2D eigenvalue weighted by atomic mass is 10.1. The van der Waals surface area contributed by atoms with Crippen molar-refractivity contribution in [2.45, 2.75) is 39.5 Å². The summed E-state index contributed by atoms with van der Waals surface area (Å²) in [6.45, 7) is 4.14. The lowest BCUT2D eigenvalue weighted by molar-refractivity contribution is -0.137. The molecular formula is C10H21NO4S. The highest BCUT2D eigenvalue weighted by molar-refractivity contribution is 7.89. The number of carboxylic acids is 1. The number of hydrogen-bond acceptors (Lipinski definition) is 3. The number of hydrogen-bond donors (Lipinski definition) is 2. The summed E-state index contributed by atoms with van der Waals surface area (Å²) in [6, 6.07) is 0. The van der Waals surface area contributed by atoms with Gasteiger partial charge < -0.3 is 5.11 Å². The van der Waals surface area contributed by atoms with Crippen molar-refractivity contribution in [2.24, 2.45) is 5.92 Å². The molecule has 0 unspecified atom stereocenters. The number of sulfonamides is 1. The van der Waals surface area contributed by atoms with Gasteiger partial charge in [-0.05, 0) is 12.3 Å². The molecule has 0 aliphatic heterocycles. The van der Waals surface area contributed by atoms with E-state index in [-0.39, 0.29) is 24.6 Å². The summed E-state index contributed by atoms with van der Waals surface area (Å²) in [5.74, 6) is -0.594. The van der Waals surface area contributed by atoms with Gasteiger partial charge in [0.15, 0.2) is 0 Å². The van der Waals surface area contributed by atoms with E-state index >= 15 is 0 Å². The fraction of sp³-hybridized carbons (Fsp3) is 0.900. The molecule has 0 saturated carbocycles. The summed E-state index contributed by atoms with van der Waals surface area (Å²) in [7, 11) is -3.25. The van der Waals surface area contributed by atoms with E-state index in [0.29, 0.717) is 6.42 Å². The van der Waals surface area contributed by atoms with Crippen LogP contribution in [-0.4, -0.2) is 31.8 Å². The van der Waals surface area contributed by atoms with Crippen molar-refractivity contribution < 1.29 is 18.3 Å². The van der Waals surface area contributed by atoms with Gasteiger partial charge in [-0.3, -0.25) is 4.79 Å². The lowest BCUT2D eigenvalue weighted by Gasteiger charge is -2.13. The molecule has 16 heavy (non-hydrogen) atoms. The maximum atomic E-state index is 11.5. The van der Waals surface area contributed by atoms with E-state index in [1.54, 1.807) is 0 Å². The molecule has 6 heteroatoms. The predicted molar refractivity (Wildman–Crippen MR) is 62.7 cm³/mol. The number of carbonyl (C=O) groups is 1. The van der Waals surface area contributed by atoms with Gasteiger partial charge >= 0.3 is 5.97 Å². The summed E-state index contributed by atoms with van der Waals surface area (Å²) in [5.41, 5.74) is 0. The zero-order valence-corrected chi connectivity index (χ0v) is 10.7. The molecule has 0 bridgehead atoms. The molecule has 0 spiro atoms. The predicted octanol–water partition coefficient (Wildman–Crippen LogP) is 1.21. The molecule has 0 aliphatic carbocycles. The number of aliphatic carboxylic acids is 1. The van der Waals surface area contributed by atoms with Crippen molar-refractivity contribution in [2.75, 3.05) is 12.3 Å². The highest BCUT2D eigenvalue weighted by Crippen LogP contribution is 2.09. The Morgan fingerprint density at radius 2 is 1.88 bits per heavy atom. The summed E-state index contributed by atoms with van der Waals surface area (Å²) >= 11 is 0. The molecule has 0 rings (SSSR count). The largest absolute Gasteiger partial charge is 0.481 e. The van der Waals surface area contributed by atoms with E-state index in [0.717, 1.165) is 12.8 Å². The van der Waals surface area contributed by atoms with E-state index < -0.39 is 16.0 Å². The molecule has 2 N–H and O–H groups in total. The molecule has 0 heterocycles. The first kappa shape index (κ1) is 15.4. The highest BCUT2D eigenvalue weighted by atomic mass is 32.2. The van der Waals surface area contributed by atoms with Crippen LogP contribution in [0.2, 0.25) is 0 Å². The van der Waals surface area contributed by atoms with Gasteiger partial charge in [-0.2, -0.15) is 0 Å². The minimum atomic E-state index is -3.25. The highest BCUT2D eigenvalue weighted by Gasteiger charge is 2.15. The molecule has 0 saturated heterocycles. The van der Waals surface area contributed by atoms with Crippen LogP contribution in [-0.2, 0) is 14.8 Å². The van der Waals surface area contributed by atoms with Gasteiger partial charge in [0.1, 0.15) is 0 Å². The van der Waals surface area contributed by atoms with Crippen LogP contribution >= 0.6 is 0 Å².